The predicted octanol–water partition coefficient (Wildman–Crippen LogP) is 2.50. The molecule has 1 heterocycles. The highest BCUT2D eigenvalue weighted by molar-refractivity contribution is 7.14. The van der Waals surface area contributed by atoms with E-state index in [1.165, 1.54) is 13.2 Å². The van der Waals surface area contributed by atoms with E-state index in [1.54, 1.807) is 5.38 Å². The zero-order chi connectivity index (χ0) is 13.7. The maximum atomic E-state index is 11.9. The fourth-order valence-electron chi connectivity index (χ4n) is 1.31. The van der Waals surface area contributed by atoms with Gasteiger partial charge in [0.05, 0.1) is 19.2 Å². The Morgan fingerprint density at radius 1 is 1.56 bits per heavy atom. The molecular weight excluding hydrogens is 256 g/mol. The number of nitrogens with zero attached hydrogens (tertiary/aromatic N) is 1. The molecule has 7 heteroatoms. The molecule has 0 aromatic carbocycles. The number of thiophene rings is 1. The normalized spacial score (nSPS) is 10.4. The SMILES string of the molecule is CON(CC(C)C)C(=O)Nc1sccc1C(=O)O. The van der Waals surface area contributed by atoms with Crippen molar-refractivity contribution < 1.29 is 19.5 Å². The van der Waals surface area contributed by atoms with Gasteiger partial charge >= 0.3 is 12.0 Å². The standard InChI is InChI=1S/C11H16N2O4S/c1-7(2)6-13(17-3)11(16)12-9-8(10(14)15)4-5-18-9/h4-5,7H,6H2,1-3H3,(H,12,16)(H,14,15). The molecule has 100 valence electrons. The Morgan fingerprint density at radius 2 is 2.22 bits per heavy atom. The van der Waals surface area contributed by atoms with Gasteiger partial charge in [-0.3, -0.25) is 10.2 Å². The highest BCUT2D eigenvalue weighted by Crippen LogP contribution is 2.23. The van der Waals surface area contributed by atoms with Gasteiger partial charge in [0.2, 0.25) is 0 Å². The van der Waals surface area contributed by atoms with Gasteiger partial charge in [0.25, 0.3) is 0 Å². The molecule has 2 amide bonds. The fraction of sp³-hybridized carbons (Fsp3) is 0.455. The molecule has 1 rings (SSSR count). The number of carboxylic acid groups (broad SMARTS) is 1. The van der Waals surface area contributed by atoms with E-state index in [9.17, 15) is 9.59 Å². The monoisotopic (exact) mass is 272 g/mol. The number of carbonyl (C=O) groups is 2. The maximum absolute atomic E-state index is 11.9. The van der Waals surface area contributed by atoms with E-state index in [4.69, 9.17) is 9.94 Å². The van der Waals surface area contributed by atoms with Gasteiger partial charge in [0, 0.05) is 0 Å². The number of carbonyl (C=O) groups excluding carboxylic acids is 1. The number of nitrogens with one attached hydrogen (secondary N) is 1. The summed E-state index contributed by atoms with van der Waals surface area (Å²) in [6, 6.07) is 0.971. The molecule has 0 bridgehead atoms. The Bertz CT molecular complexity index is 430. The number of anilines is 1. The summed E-state index contributed by atoms with van der Waals surface area (Å²) >= 11 is 1.16. The molecule has 0 aliphatic heterocycles. The van der Waals surface area contributed by atoms with Gasteiger partial charge in [-0.05, 0) is 17.4 Å². The molecule has 6 nitrogen and oxygen atoms in total. The zero-order valence-electron chi connectivity index (χ0n) is 10.5. The molecule has 0 radical (unpaired) electrons. The predicted molar refractivity (Wildman–Crippen MR) is 68.9 cm³/mol. The topological polar surface area (TPSA) is 78.9 Å². The molecule has 2 N–H and O–H groups in total. The second-order valence-electron chi connectivity index (χ2n) is 4.04. The second-order valence-corrected chi connectivity index (χ2v) is 4.95. The van der Waals surface area contributed by atoms with Crippen LogP contribution in [0.1, 0.15) is 24.2 Å². The lowest BCUT2D eigenvalue weighted by molar-refractivity contribution is -0.0880. The number of carboxylic acids is 1. The molecule has 0 fully saturated rings. The van der Waals surface area contributed by atoms with Crippen molar-refractivity contribution in [2.24, 2.45) is 5.92 Å². The van der Waals surface area contributed by atoms with Crippen LogP contribution in [-0.4, -0.2) is 35.8 Å². The summed E-state index contributed by atoms with van der Waals surface area (Å²) in [5.41, 5.74) is 0.0777. The van der Waals surface area contributed by atoms with E-state index < -0.39 is 12.0 Å². The maximum Gasteiger partial charge on any atom is 0.346 e. The lowest BCUT2D eigenvalue weighted by atomic mass is 10.2. The first-order valence-corrected chi connectivity index (χ1v) is 6.27. The minimum absolute atomic E-state index is 0.0777. The zero-order valence-corrected chi connectivity index (χ0v) is 11.3. The summed E-state index contributed by atoms with van der Waals surface area (Å²) in [5, 5.41) is 14.5. The van der Waals surface area contributed by atoms with Crippen LogP contribution in [0.25, 0.3) is 0 Å². The average Bonchev–Trinajstić information content (AvgIpc) is 2.73. The molecule has 1 aromatic heterocycles. The van der Waals surface area contributed by atoms with Crippen LogP contribution in [0, 0.1) is 5.92 Å². The smallest absolute Gasteiger partial charge is 0.346 e. The summed E-state index contributed by atoms with van der Waals surface area (Å²) in [6.45, 7) is 4.33. The molecule has 0 atom stereocenters. The highest BCUT2D eigenvalue weighted by atomic mass is 32.1. The minimum Gasteiger partial charge on any atom is -0.478 e. The molecule has 18 heavy (non-hydrogen) atoms. The third kappa shape index (κ3) is 3.71. The summed E-state index contributed by atoms with van der Waals surface area (Å²) in [5.74, 6) is -0.822. The van der Waals surface area contributed by atoms with E-state index in [1.807, 2.05) is 13.8 Å². The molecule has 0 aliphatic carbocycles. The molecule has 0 spiro atoms. The van der Waals surface area contributed by atoms with Gasteiger partial charge in [0.1, 0.15) is 5.00 Å². The van der Waals surface area contributed by atoms with Crippen LogP contribution in [0.4, 0.5) is 9.80 Å². The second kappa shape index (κ2) is 6.36. The summed E-state index contributed by atoms with van der Waals surface area (Å²) < 4.78 is 0. The first-order valence-electron chi connectivity index (χ1n) is 5.39. The van der Waals surface area contributed by atoms with E-state index in [0.29, 0.717) is 11.5 Å². The van der Waals surface area contributed by atoms with Crippen LogP contribution in [-0.2, 0) is 4.84 Å². The van der Waals surface area contributed by atoms with Crippen LogP contribution < -0.4 is 5.32 Å². The molecule has 0 aliphatic rings. The Kier molecular flexibility index (Phi) is 5.11. The van der Waals surface area contributed by atoms with Gasteiger partial charge in [-0.1, -0.05) is 13.8 Å². The Hall–Kier alpha value is -1.60. The van der Waals surface area contributed by atoms with Crippen molar-refractivity contribution in [3.63, 3.8) is 0 Å². The molecule has 0 saturated heterocycles. The lowest BCUT2D eigenvalue weighted by Crippen LogP contribution is -2.36. The Labute approximate surface area is 109 Å². The number of hydrogen-bond donors (Lipinski definition) is 2. The van der Waals surface area contributed by atoms with Crippen molar-refractivity contribution in [1.82, 2.24) is 5.06 Å². The van der Waals surface area contributed by atoms with Gasteiger partial charge in [-0.25, -0.2) is 14.7 Å². The van der Waals surface area contributed by atoms with Crippen molar-refractivity contribution in [2.45, 2.75) is 13.8 Å². The van der Waals surface area contributed by atoms with Crippen LogP contribution in [0.3, 0.4) is 0 Å². The van der Waals surface area contributed by atoms with Crippen LogP contribution in [0.5, 0.6) is 0 Å². The largest absolute Gasteiger partial charge is 0.478 e. The van der Waals surface area contributed by atoms with Gasteiger partial charge in [-0.15, -0.1) is 11.3 Å². The van der Waals surface area contributed by atoms with E-state index in [-0.39, 0.29) is 11.5 Å². The van der Waals surface area contributed by atoms with Gasteiger partial charge < -0.3 is 5.11 Å². The van der Waals surface area contributed by atoms with Gasteiger partial charge in [-0.2, -0.15) is 0 Å². The molecule has 0 unspecified atom stereocenters. The summed E-state index contributed by atoms with van der Waals surface area (Å²) in [4.78, 5) is 27.7. The van der Waals surface area contributed by atoms with Crippen LogP contribution in [0.2, 0.25) is 0 Å². The van der Waals surface area contributed by atoms with E-state index >= 15 is 0 Å². The van der Waals surface area contributed by atoms with Crippen molar-refractivity contribution in [1.29, 1.82) is 0 Å². The van der Waals surface area contributed by atoms with Crippen molar-refractivity contribution in [2.75, 3.05) is 19.0 Å². The van der Waals surface area contributed by atoms with E-state index in [2.05, 4.69) is 5.32 Å². The number of urea groups is 1. The quantitative estimate of drug-likeness (QED) is 0.807. The Balaban J connectivity index is 2.73. The number of hydrogen-bond acceptors (Lipinski definition) is 4. The number of amides is 2. The first kappa shape index (κ1) is 14.5. The van der Waals surface area contributed by atoms with Crippen LogP contribution >= 0.6 is 11.3 Å². The summed E-state index contributed by atoms with van der Waals surface area (Å²) in [6.07, 6.45) is 0. The van der Waals surface area contributed by atoms with Crippen LogP contribution in [0.15, 0.2) is 11.4 Å². The fourth-order valence-corrected chi connectivity index (χ4v) is 2.07. The third-order valence-corrected chi connectivity index (χ3v) is 2.92. The molecule has 1 aromatic rings. The highest BCUT2D eigenvalue weighted by Gasteiger charge is 2.18. The molecule has 0 saturated carbocycles. The summed E-state index contributed by atoms with van der Waals surface area (Å²) in [7, 11) is 1.40. The average molecular weight is 272 g/mol. The lowest BCUT2D eigenvalue weighted by Gasteiger charge is -2.21. The Morgan fingerprint density at radius 3 is 2.72 bits per heavy atom. The third-order valence-electron chi connectivity index (χ3n) is 2.09. The van der Waals surface area contributed by atoms with Crippen molar-refractivity contribution in [3.05, 3.63) is 17.0 Å². The number of rotatable bonds is 5. The van der Waals surface area contributed by atoms with E-state index in [0.717, 1.165) is 16.4 Å². The number of aromatic carboxylic acids is 1. The van der Waals surface area contributed by atoms with Gasteiger partial charge in [0.15, 0.2) is 0 Å². The van der Waals surface area contributed by atoms with Crippen molar-refractivity contribution in [3.8, 4) is 0 Å². The molecular formula is C11H16N2O4S. The number of hydroxylamine groups is 2. The minimum atomic E-state index is -1.07. The van der Waals surface area contributed by atoms with Crippen molar-refractivity contribution >= 4 is 28.3 Å². The first-order chi connectivity index (χ1) is 8.45.